The lowest BCUT2D eigenvalue weighted by Crippen LogP contribution is -2.54. The van der Waals surface area contributed by atoms with E-state index in [4.69, 9.17) is 11.6 Å². The standard InChI is InChI=1S/C26H37ClN4O3/c1-17-13-29(8-9-31(17)26(34)21-6-4-5-7-21)16-22-11-23(27)12-24(18(22)2)28-25(33)10-20-14-30(15-20)19(3)32/h11-12,17,20-21H,4-10,13-16H2,1-3H3,(H,28,33). The summed E-state index contributed by atoms with van der Waals surface area (Å²) in [5.41, 5.74) is 2.86. The van der Waals surface area contributed by atoms with Gasteiger partial charge in [0.1, 0.15) is 0 Å². The van der Waals surface area contributed by atoms with E-state index in [1.165, 1.54) is 12.8 Å². The van der Waals surface area contributed by atoms with Gasteiger partial charge in [-0.1, -0.05) is 24.4 Å². The van der Waals surface area contributed by atoms with Gasteiger partial charge < -0.3 is 15.1 Å². The molecule has 2 heterocycles. The highest BCUT2D eigenvalue weighted by atomic mass is 35.5. The van der Waals surface area contributed by atoms with Crippen LogP contribution in [0, 0.1) is 18.8 Å². The van der Waals surface area contributed by atoms with Gasteiger partial charge in [0, 0.05) is 81.2 Å². The average Bonchev–Trinajstić information content (AvgIpc) is 3.28. The van der Waals surface area contributed by atoms with E-state index in [9.17, 15) is 14.4 Å². The minimum absolute atomic E-state index is 0.0443. The normalized spacial score (nSPS) is 22.1. The summed E-state index contributed by atoms with van der Waals surface area (Å²) in [5, 5.41) is 3.64. The molecule has 4 rings (SSSR count). The summed E-state index contributed by atoms with van der Waals surface area (Å²) in [5.74, 6) is 0.794. The van der Waals surface area contributed by atoms with Crippen molar-refractivity contribution in [2.24, 2.45) is 11.8 Å². The number of piperazine rings is 1. The lowest BCUT2D eigenvalue weighted by Gasteiger charge is -2.41. The Morgan fingerprint density at radius 2 is 1.79 bits per heavy atom. The largest absolute Gasteiger partial charge is 0.342 e. The number of hydrogen-bond donors (Lipinski definition) is 1. The van der Waals surface area contributed by atoms with E-state index in [1.54, 1.807) is 11.8 Å². The number of hydrogen-bond acceptors (Lipinski definition) is 4. The van der Waals surface area contributed by atoms with Crippen LogP contribution < -0.4 is 5.32 Å². The van der Waals surface area contributed by atoms with Gasteiger partial charge in [-0.25, -0.2) is 0 Å². The minimum atomic E-state index is -0.0443. The third-order valence-electron chi connectivity index (χ3n) is 7.72. The Bertz CT molecular complexity index is 940. The van der Waals surface area contributed by atoms with Crippen LogP contribution in [0.3, 0.4) is 0 Å². The topological polar surface area (TPSA) is 73.0 Å². The van der Waals surface area contributed by atoms with Crippen molar-refractivity contribution in [3.63, 3.8) is 0 Å². The predicted octanol–water partition coefficient (Wildman–Crippen LogP) is 3.68. The van der Waals surface area contributed by atoms with Crippen molar-refractivity contribution in [2.45, 2.75) is 65.5 Å². The molecule has 1 N–H and O–H groups in total. The number of amides is 3. The maximum absolute atomic E-state index is 12.9. The molecule has 0 spiro atoms. The molecular weight excluding hydrogens is 452 g/mol. The SMILES string of the molecule is CC(=O)N1CC(CC(=O)Nc2cc(Cl)cc(CN3CCN(C(=O)C4CCCC4)C(C)C3)c2C)C1. The fourth-order valence-electron chi connectivity index (χ4n) is 5.60. The van der Waals surface area contributed by atoms with Gasteiger partial charge in [-0.15, -0.1) is 0 Å². The van der Waals surface area contributed by atoms with Crippen molar-refractivity contribution in [2.75, 3.05) is 38.0 Å². The van der Waals surface area contributed by atoms with Crippen LogP contribution in [0.1, 0.15) is 57.1 Å². The van der Waals surface area contributed by atoms with Crippen molar-refractivity contribution in [1.29, 1.82) is 0 Å². The number of carbonyl (C=O) groups is 3. The Balaban J connectivity index is 1.33. The number of nitrogens with one attached hydrogen (secondary N) is 1. The minimum Gasteiger partial charge on any atom is -0.342 e. The van der Waals surface area contributed by atoms with Crippen LogP contribution in [-0.2, 0) is 20.9 Å². The summed E-state index contributed by atoms with van der Waals surface area (Å²) in [6.45, 7) is 10.2. The summed E-state index contributed by atoms with van der Waals surface area (Å²) < 4.78 is 0. The lowest BCUT2D eigenvalue weighted by molar-refractivity contribution is -0.140. The van der Waals surface area contributed by atoms with E-state index in [0.717, 1.165) is 55.8 Å². The molecule has 1 aliphatic carbocycles. The molecule has 1 saturated carbocycles. The maximum Gasteiger partial charge on any atom is 0.226 e. The highest BCUT2D eigenvalue weighted by Crippen LogP contribution is 2.30. The van der Waals surface area contributed by atoms with Crippen molar-refractivity contribution in [3.05, 3.63) is 28.3 Å². The number of carbonyl (C=O) groups excluding carboxylic acids is 3. The van der Waals surface area contributed by atoms with Crippen LogP contribution in [0.5, 0.6) is 0 Å². The number of halogens is 1. The van der Waals surface area contributed by atoms with Crippen LogP contribution in [0.2, 0.25) is 5.02 Å². The van der Waals surface area contributed by atoms with Gasteiger partial charge in [0.05, 0.1) is 0 Å². The number of likely N-dealkylation sites (tertiary alicyclic amines) is 1. The molecule has 7 nitrogen and oxygen atoms in total. The Labute approximate surface area is 207 Å². The van der Waals surface area contributed by atoms with Crippen LogP contribution in [0.15, 0.2) is 12.1 Å². The van der Waals surface area contributed by atoms with E-state index < -0.39 is 0 Å². The molecule has 3 aliphatic rings. The molecule has 0 aromatic heterocycles. The van der Waals surface area contributed by atoms with Gasteiger partial charge in [0.25, 0.3) is 0 Å². The molecule has 2 saturated heterocycles. The third kappa shape index (κ3) is 5.74. The van der Waals surface area contributed by atoms with Crippen molar-refractivity contribution in [3.8, 4) is 0 Å². The molecule has 1 aromatic rings. The molecule has 34 heavy (non-hydrogen) atoms. The molecule has 1 aromatic carbocycles. The summed E-state index contributed by atoms with van der Waals surface area (Å²) >= 11 is 6.42. The zero-order chi connectivity index (χ0) is 24.4. The first-order valence-electron chi connectivity index (χ1n) is 12.6. The molecule has 1 atom stereocenters. The Kier molecular flexibility index (Phi) is 7.83. The van der Waals surface area contributed by atoms with E-state index >= 15 is 0 Å². The van der Waals surface area contributed by atoms with Gasteiger partial charge in [-0.2, -0.15) is 0 Å². The van der Waals surface area contributed by atoms with Crippen LogP contribution in [-0.4, -0.2) is 71.2 Å². The molecule has 186 valence electrons. The second-order valence-corrected chi connectivity index (χ2v) is 10.8. The second-order valence-electron chi connectivity index (χ2n) is 10.4. The van der Waals surface area contributed by atoms with Crippen molar-refractivity contribution >= 4 is 35.0 Å². The van der Waals surface area contributed by atoms with E-state index in [0.29, 0.717) is 30.4 Å². The van der Waals surface area contributed by atoms with Crippen molar-refractivity contribution in [1.82, 2.24) is 14.7 Å². The third-order valence-corrected chi connectivity index (χ3v) is 7.94. The second kappa shape index (κ2) is 10.6. The molecule has 8 heteroatoms. The van der Waals surface area contributed by atoms with Gasteiger partial charge in [0.15, 0.2) is 0 Å². The van der Waals surface area contributed by atoms with Gasteiger partial charge in [-0.3, -0.25) is 19.3 Å². The monoisotopic (exact) mass is 488 g/mol. The average molecular weight is 489 g/mol. The summed E-state index contributed by atoms with van der Waals surface area (Å²) in [6.07, 6.45) is 4.83. The lowest BCUT2D eigenvalue weighted by atomic mass is 9.95. The summed E-state index contributed by atoms with van der Waals surface area (Å²) in [6, 6.07) is 3.98. The molecule has 0 radical (unpaired) electrons. The van der Waals surface area contributed by atoms with Gasteiger partial charge in [0.2, 0.25) is 17.7 Å². The fourth-order valence-corrected chi connectivity index (χ4v) is 5.84. The fraction of sp³-hybridized carbons (Fsp3) is 0.654. The molecule has 0 bridgehead atoms. The molecule has 1 unspecified atom stereocenters. The zero-order valence-electron chi connectivity index (χ0n) is 20.6. The molecule has 3 fully saturated rings. The number of nitrogens with zero attached hydrogens (tertiary/aromatic N) is 3. The highest BCUT2D eigenvalue weighted by Gasteiger charge is 2.33. The van der Waals surface area contributed by atoms with Crippen LogP contribution >= 0.6 is 11.6 Å². The van der Waals surface area contributed by atoms with Crippen molar-refractivity contribution < 1.29 is 14.4 Å². The smallest absolute Gasteiger partial charge is 0.226 e. The van der Waals surface area contributed by atoms with E-state index in [1.807, 2.05) is 19.1 Å². The number of benzene rings is 1. The Morgan fingerprint density at radius 1 is 1.09 bits per heavy atom. The van der Waals surface area contributed by atoms with E-state index in [-0.39, 0.29) is 29.7 Å². The van der Waals surface area contributed by atoms with E-state index in [2.05, 4.69) is 22.0 Å². The summed E-state index contributed by atoms with van der Waals surface area (Å²) in [7, 11) is 0. The quantitative estimate of drug-likeness (QED) is 0.663. The Hall–Kier alpha value is -2.12. The predicted molar refractivity (Wildman–Crippen MR) is 134 cm³/mol. The molecule has 2 aliphatic heterocycles. The maximum atomic E-state index is 12.9. The first kappa shape index (κ1) is 25.0. The number of anilines is 1. The first-order chi connectivity index (χ1) is 16.2. The van der Waals surface area contributed by atoms with Crippen LogP contribution in [0.25, 0.3) is 0 Å². The van der Waals surface area contributed by atoms with Gasteiger partial charge >= 0.3 is 0 Å². The number of rotatable bonds is 6. The highest BCUT2D eigenvalue weighted by molar-refractivity contribution is 6.31. The molecular formula is C26H37ClN4O3. The zero-order valence-corrected chi connectivity index (χ0v) is 21.4. The van der Waals surface area contributed by atoms with Crippen LogP contribution in [0.4, 0.5) is 5.69 Å². The molecule has 3 amide bonds. The Morgan fingerprint density at radius 3 is 2.44 bits per heavy atom. The van der Waals surface area contributed by atoms with Gasteiger partial charge in [-0.05, 0) is 49.9 Å². The first-order valence-corrected chi connectivity index (χ1v) is 13.0. The summed E-state index contributed by atoms with van der Waals surface area (Å²) in [4.78, 5) is 43.1.